The van der Waals surface area contributed by atoms with Gasteiger partial charge in [0.25, 0.3) is 5.91 Å². The van der Waals surface area contributed by atoms with Crippen LogP contribution in [0.4, 0.5) is 5.69 Å². The Labute approximate surface area is 154 Å². The first-order valence-electron chi connectivity index (χ1n) is 7.41. The summed E-state index contributed by atoms with van der Waals surface area (Å²) in [5.41, 5.74) is 1.60. The van der Waals surface area contributed by atoms with Crippen LogP contribution in [0.5, 0.6) is 0 Å². The van der Waals surface area contributed by atoms with E-state index < -0.39 is 11.9 Å². The van der Waals surface area contributed by atoms with Crippen LogP contribution in [0.1, 0.15) is 33.5 Å². The predicted molar refractivity (Wildman–Crippen MR) is 98.4 cm³/mol. The Morgan fingerprint density at radius 2 is 1.83 bits per heavy atom. The molecule has 0 saturated heterocycles. The van der Waals surface area contributed by atoms with Crippen LogP contribution in [0.15, 0.2) is 24.3 Å². The van der Waals surface area contributed by atoms with Crippen LogP contribution < -0.4 is 5.32 Å². The van der Waals surface area contributed by atoms with E-state index in [4.69, 9.17) is 27.9 Å². The van der Waals surface area contributed by atoms with Crippen molar-refractivity contribution in [2.45, 2.75) is 26.7 Å². The lowest BCUT2D eigenvalue weighted by Gasteiger charge is -2.07. The molecule has 0 atom stereocenters. The minimum Gasteiger partial charge on any atom is -0.451 e. The monoisotopic (exact) mass is 385 g/mol. The van der Waals surface area contributed by atoms with Gasteiger partial charge in [0.15, 0.2) is 6.61 Å². The summed E-state index contributed by atoms with van der Waals surface area (Å²) in [6, 6.07) is 6.52. The van der Waals surface area contributed by atoms with E-state index in [9.17, 15) is 9.59 Å². The van der Waals surface area contributed by atoms with E-state index in [-0.39, 0.29) is 6.61 Å². The maximum Gasteiger partial charge on any atom is 0.348 e. The first-order valence-corrected chi connectivity index (χ1v) is 8.98. The summed E-state index contributed by atoms with van der Waals surface area (Å²) in [6.45, 7) is 3.69. The molecule has 0 saturated carbocycles. The zero-order valence-electron chi connectivity index (χ0n) is 13.3. The lowest BCUT2D eigenvalue weighted by atomic mass is 10.1. The quantitative estimate of drug-likeness (QED) is 0.702. The smallest absolute Gasteiger partial charge is 0.348 e. The number of nitrogens with one attached hydrogen (secondary N) is 1. The number of ether oxygens (including phenoxy) is 1. The second-order valence-electron chi connectivity index (χ2n) is 5.22. The molecule has 1 heterocycles. The number of halogens is 2. The molecule has 24 heavy (non-hydrogen) atoms. The Morgan fingerprint density at radius 3 is 2.46 bits per heavy atom. The number of anilines is 1. The number of benzene rings is 1. The molecule has 1 amide bonds. The van der Waals surface area contributed by atoms with E-state index in [0.717, 1.165) is 23.3 Å². The van der Waals surface area contributed by atoms with Gasteiger partial charge in [-0.3, -0.25) is 4.79 Å². The van der Waals surface area contributed by atoms with E-state index in [1.807, 2.05) is 13.0 Å². The molecule has 128 valence electrons. The third kappa shape index (κ3) is 5.23. The molecule has 7 heteroatoms. The Morgan fingerprint density at radius 1 is 1.17 bits per heavy atom. The van der Waals surface area contributed by atoms with Crippen molar-refractivity contribution in [3.63, 3.8) is 0 Å². The Kier molecular flexibility index (Phi) is 6.66. The highest BCUT2D eigenvalue weighted by Crippen LogP contribution is 2.24. The molecule has 2 aromatic rings. The lowest BCUT2D eigenvalue weighted by Crippen LogP contribution is -2.20. The number of rotatable bonds is 6. The van der Waals surface area contributed by atoms with Crippen molar-refractivity contribution in [1.82, 2.24) is 0 Å². The zero-order chi connectivity index (χ0) is 17.7. The number of aryl methyl sites for hydroxylation is 2. The standard InChI is InChI=1S/C17H17Cl2NO3S/c1-3-4-11-5-15(24-10(11)2)17(22)23-9-16(21)20-14-7-12(18)6-13(19)8-14/h5-8H,3-4,9H2,1-2H3,(H,20,21). The largest absolute Gasteiger partial charge is 0.451 e. The first kappa shape index (κ1) is 18.8. The van der Waals surface area contributed by atoms with Gasteiger partial charge in [-0.2, -0.15) is 0 Å². The van der Waals surface area contributed by atoms with Gasteiger partial charge in [-0.05, 0) is 43.2 Å². The molecule has 0 aliphatic rings. The van der Waals surface area contributed by atoms with Gasteiger partial charge in [0.2, 0.25) is 0 Å². The molecule has 0 unspecified atom stereocenters. The number of carbonyl (C=O) groups excluding carboxylic acids is 2. The summed E-state index contributed by atoms with van der Waals surface area (Å²) in [4.78, 5) is 25.5. The molecule has 0 radical (unpaired) electrons. The van der Waals surface area contributed by atoms with Gasteiger partial charge in [0, 0.05) is 20.6 Å². The first-order chi connectivity index (χ1) is 11.4. The number of hydrogen-bond donors (Lipinski definition) is 1. The maximum atomic E-state index is 12.0. The minimum absolute atomic E-state index is 0.372. The van der Waals surface area contributed by atoms with Crippen LogP contribution in [0, 0.1) is 6.92 Å². The second kappa shape index (κ2) is 8.51. The fourth-order valence-corrected chi connectivity index (χ4v) is 3.65. The van der Waals surface area contributed by atoms with E-state index >= 15 is 0 Å². The highest BCUT2D eigenvalue weighted by atomic mass is 35.5. The molecular formula is C17H17Cl2NO3S. The lowest BCUT2D eigenvalue weighted by molar-refractivity contribution is -0.119. The van der Waals surface area contributed by atoms with Crippen LogP contribution in [0.2, 0.25) is 10.0 Å². The van der Waals surface area contributed by atoms with Gasteiger partial charge < -0.3 is 10.1 Å². The van der Waals surface area contributed by atoms with Crippen LogP contribution in [-0.4, -0.2) is 18.5 Å². The van der Waals surface area contributed by atoms with Crippen LogP contribution >= 0.6 is 34.5 Å². The molecule has 0 bridgehead atoms. The summed E-state index contributed by atoms with van der Waals surface area (Å²) < 4.78 is 5.06. The Hall–Kier alpha value is -1.56. The summed E-state index contributed by atoms with van der Waals surface area (Å²) in [5, 5.41) is 3.40. The van der Waals surface area contributed by atoms with Gasteiger partial charge >= 0.3 is 5.97 Å². The molecule has 0 aliphatic heterocycles. The number of hydrogen-bond acceptors (Lipinski definition) is 4. The summed E-state index contributed by atoms with van der Waals surface area (Å²) >= 11 is 13.1. The van der Waals surface area contributed by atoms with E-state index in [2.05, 4.69) is 12.2 Å². The fraction of sp³-hybridized carbons (Fsp3) is 0.294. The minimum atomic E-state index is -0.496. The SMILES string of the molecule is CCCc1cc(C(=O)OCC(=O)Nc2cc(Cl)cc(Cl)c2)sc1C. The van der Waals surface area contributed by atoms with Crippen molar-refractivity contribution in [3.05, 3.63) is 49.6 Å². The molecule has 2 rings (SSSR count). The van der Waals surface area contributed by atoms with Crippen molar-refractivity contribution in [1.29, 1.82) is 0 Å². The van der Waals surface area contributed by atoms with Crippen LogP contribution in [0.25, 0.3) is 0 Å². The molecule has 4 nitrogen and oxygen atoms in total. The second-order valence-corrected chi connectivity index (χ2v) is 7.35. The normalized spacial score (nSPS) is 10.5. The average Bonchev–Trinajstić information content (AvgIpc) is 2.85. The van der Waals surface area contributed by atoms with Gasteiger partial charge in [-0.15, -0.1) is 11.3 Å². The summed E-state index contributed by atoms with van der Waals surface area (Å²) in [5.74, 6) is -0.950. The molecule has 1 N–H and O–H groups in total. The topological polar surface area (TPSA) is 55.4 Å². The van der Waals surface area contributed by atoms with Crippen LogP contribution in [-0.2, 0) is 16.0 Å². The predicted octanol–water partition coefficient (Wildman–Crippen LogP) is 5.11. The van der Waals surface area contributed by atoms with Gasteiger partial charge in [-0.25, -0.2) is 4.79 Å². The van der Waals surface area contributed by atoms with E-state index in [1.165, 1.54) is 11.3 Å². The van der Waals surface area contributed by atoms with Crippen molar-refractivity contribution >= 4 is 52.1 Å². The molecule has 1 aromatic carbocycles. The third-order valence-electron chi connectivity index (χ3n) is 3.22. The van der Waals surface area contributed by atoms with Gasteiger partial charge in [0.05, 0.1) is 0 Å². The van der Waals surface area contributed by atoms with Gasteiger partial charge in [-0.1, -0.05) is 36.5 Å². The summed E-state index contributed by atoms with van der Waals surface area (Å²) in [7, 11) is 0. The Balaban J connectivity index is 1.91. The van der Waals surface area contributed by atoms with Crippen LogP contribution in [0.3, 0.4) is 0 Å². The number of carbonyl (C=O) groups is 2. The highest BCUT2D eigenvalue weighted by molar-refractivity contribution is 7.14. The van der Waals surface area contributed by atoms with E-state index in [0.29, 0.717) is 20.6 Å². The molecular weight excluding hydrogens is 369 g/mol. The van der Waals surface area contributed by atoms with Crippen molar-refractivity contribution < 1.29 is 14.3 Å². The van der Waals surface area contributed by atoms with Crippen molar-refractivity contribution in [3.8, 4) is 0 Å². The molecule has 0 aliphatic carbocycles. The molecule has 0 spiro atoms. The number of thiophene rings is 1. The summed E-state index contributed by atoms with van der Waals surface area (Å²) in [6.07, 6.45) is 1.93. The molecule has 1 aromatic heterocycles. The zero-order valence-corrected chi connectivity index (χ0v) is 15.6. The third-order valence-corrected chi connectivity index (χ3v) is 4.73. The fourth-order valence-electron chi connectivity index (χ4n) is 2.16. The Bertz CT molecular complexity index is 738. The molecule has 0 fully saturated rings. The highest BCUT2D eigenvalue weighted by Gasteiger charge is 2.15. The average molecular weight is 386 g/mol. The van der Waals surface area contributed by atoms with Crippen molar-refractivity contribution in [2.24, 2.45) is 0 Å². The van der Waals surface area contributed by atoms with Gasteiger partial charge in [0.1, 0.15) is 4.88 Å². The van der Waals surface area contributed by atoms with Crippen molar-refractivity contribution in [2.75, 3.05) is 11.9 Å². The number of amides is 1. The number of esters is 1. The van der Waals surface area contributed by atoms with E-state index in [1.54, 1.807) is 18.2 Å². The maximum absolute atomic E-state index is 12.0.